The third-order valence-electron chi connectivity index (χ3n) is 3.53. The minimum Gasteiger partial charge on any atom is -0.466 e. The Labute approximate surface area is 98.9 Å². The first-order valence-electron chi connectivity index (χ1n) is 6.45. The van der Waals surface area contributed by atoms with E-state index < -0.39 is 0 Å². The molecule has 1 unspecified atom stereocenters. The van der Waals surface area contributed by atoms with E-state index in [1.807, 2.05) is 6.92 Å². The van der Waals surface area contributed by atoms with Crippen LogP contribution in [0.4, 0.5) is 0 Å². The Kier molecular flexibility index (Phi) is 5.26. The van der Waals surface area contributed by atoms with Gasteiger partial charge < -0.3 is 10.1 Å². The molecule has 1 aliphatic rings. The number of carbonyl (C=O) groups excluding carboxylic acids is 1. The molecule has 3 nitrogen and oxygen atoms in total. The van der Waals surface area contributed by atoms with E-state index in [9.17, 15) is 4.79 Å². The number of esters is 1. The highest BCUT2D eigenvalue weighted by Gasteiger charge is 2.31. The second kappa shape index (κ2) is 6.24. The summed E-state index contributed by atoms with van der Waals surface area (Å²) in [5.41, 5.74) is 0.368. The van der Waals surface area contributed by atoms with Gasteiger partial charge in [-0.25, -0.2) is 0 Å². The number of hydrogen-bond donors (Lipinski definition) is 1. The number of hydrogen-bond acceptors (Lipinski definition) is 3. The molecule has 0 amide bonds. The Hall–Kier alpha value is -0.570. The van der Waals surface area contributed by atoms with Gasteiger partial charge in [-0.1, -0.05) is 26.7 Å². The Morgan fingerprint density at radius 1 is 1.44 bits per heavy atom. The molecule has 94 valence electrons. The zero-order valence-electron chi connectivity index (χ0n) is 10.8. The summed E-state index contributed by atoms with van der Waals surface area (Å²) >= 11 is 0. The first-order valence-corrected chi connectivity index (χ1v) is 6.45. The molecule has 1 rings (SSSR count). The lowest BCUT2D eigenvalue weighted by Crippen LogP contribution is -2.44. The van der Waals surface area contributed by atoms with Crippen molar-refractivity contribution in [1.29, 1.82) is 0 Å². The fourth-order valence-corrected chi connectivity index (χ4v) is 2.45. The van der Waals surface area contributed by atoms with Crippen molar-refractivity contribution in [3.05, 3.63) is 0 Å². The van der Waals surface area contributed by atoms with Gasteiger partial charge in [0.2, 0.25) is 0 Å². The first-order chi connectivity index (χ1) is 7.56. The van der Waals surface area contributed by atoms with Crippen molar-refractivity contribution in [3.63, 3.8) is 0 Å². The van der Waals surface area contributed by atoms with E-state index in [4.69, 9.17) is 4.74 Å². The van der Waals surface area contributed by atoms with Crippen LogP contribution in [-0.4, -0.2) is 25.2 Å². The molecule has 16 heavy (non-hydrogen) atoms. The molecule has 1 aliphatic carbocycles. The molecular formula is C13H25NO2. The van der Waals surface area contributed by atoms with Crippen LogP contribution in [0, 0.1) is 5.41 Å². The van der Waals surface area contributed by atoms with E-state index >= 15 is 0 Å². The SMILES string of the molecule is CCOC(=O)CCNC1CCCCC1(C)C. The van der Waals surface area contributed by atoms with Crippen LogP contribution in [-0.2, 0) is 9.53 Å². The summed E-state index contributed by atoms with van der Waals surface area (Å²) in [6, 6.07) is 0.552. The first kappa shape index (κ1) is 13.5. The topological polar surface area (TPSA) is 38.3 Å². The van der Waals surface area contributed by atoms with Gasteiger partial charge in [0.25, 0.3) is 0 Å². The molecule has 1 N–H and O–H groups in total. The molecule has 0 aromatic heterocycles. The zero-order chi connectivity index (χ0) is 12.0. The lowest BCUT2D eigenvalue weighted by molar-refractivity contribution is -0.143. The fraction of sp³-hybridized carbons (Fsp3) is 0.923. The maximum Gasteiger partial charge on any atom is 0.307 e. The highest BCUT2D eigenvalue weighted by molar-refractivity contribution is 5.69. The number of nitrogens with one attached hydrogen (secondary N) is 1. The molecule has 1 fully saturated rings. The standard InChI is InChI=1S/C13H25NO2/c1-4-16-12(15)8-10-14-11-7-5-6-9-13(11,2)3/h11,14H,4-10H2,1-3H3. The summed E-state index contributed by atoms with van der Waals surface area (Å²) in [6.07, 6.45) is 5.64. The highest BCUT2D eigenvalue weighted by atomic mass is 16.5. The molecule has 3 heteroatoms. The predicted molar refractivity (Wildman–Crippen MR) is 65.3 cm³/mol. The van der Waals surface area contributed by atoms with Gasteiger partial charge in [-0.3, -0.25) is 4.79 Å². The van der Waals surface area contributed by atoms with Crippen LogP contribution in [0.25, 0.3) is 0 Å². The molecule has 0 bridgehead atoms. The molecule has 0 aliphatic heterocycles. The van der Waals surface area contributed by atoms with Gasteiger partial charge in [0, 0.05) is 12.6 Å². The second-order valence-corrected chi connectivity index (χ2v) is 5.30. The van der Waals surface area contributed by atoms with Crippen LogP contribution in [0.5, 0.6) is 0 Å². The fourth-order valence-electron chi connectivity index (χ4n) is 2.45. The lowest BCUT2D eigenvalue weighted by Gasteiger charge is -2.39. The van der Waals surface area contributed by atoms with Crippen LogP contribution in [0.15, 0.2) is 0 Å². The number of ether oxygens (including phenoxy) is 1. The van der Waals surface area contributed by atoms with E-state index in [1.165, 1.54) is 25.7 Å². The number of carbonyl (C=O) groups is 1. The smallest absolute Gasteiger partial charge is 0.307 e. The van der Waals surface area contributed by atoms with Gasteiger partial charge in [-0.2, -0.15) is 0 Å². The van der Waals surface area contributed by atoms with Crippen LogP contribution in [0.1, 0.15) is 52.9 Å². The van der Waals surface area contributed by atoms with Gasteiger partial charge in [0.15, 0.2) is 0 Å². The monoisotopic (exact) mass is 227 g/mol. The average Bonchev–Trinajstić information content (AvgIpc) is 2.21. The van der Waals surface area contributed by atoms with E-state index in [1.54, 1.807) is 0 Å². The lowest BCUT2D eigenvalue weighted by atomic mass is 9.73. The van der Waals surface area contributed by atoms with Crippen molar-refractivity contribution in [1.82, 2.24) is 5.32 Å². The Bertz CT molecular complexity index is 226. The largest absolute Gasteiger partial charge is 0.466 e. The number of rotatable bonds is 5. The minimum absolute atomic E-state index is 0.0939. The maximum absolute atomic E-state index is 11.2. The van der Waals surface area contributed by atoms with Gasteiger partial charge in [0.1, 0.15) is 0 Å². The van der Waals surface area contributed by atoms with Crippen LogP contribution < -0.4 is 5.32 Å². The van der Waals surface area contributed by atoms with E-state index in [2.05, 4.69) is 19.2 Å². The summed E-state index contributed by atoms with van der Waals surface area (Å²) in [4.78, 5) is 11.2. The zero-order valence-corrected chi connectivity index (χ0v) is 10.8. The summed E-state index contributed by atoms with van der Waals surface area (Å²) in [6.45, 7) is 7.69. The van der Waals surface area contributed by atoms with Gasteiger partial charge in [0.05, 0.1) is 13.0 Å². The highest BCUT2D eigenvalue weighted by Crippen LogP contribution is 2.35. The van der Waals surface area contributed by atoms with E-state index in [0.717, 1.165) is 6.54 Å². The quantitative estimate of drug-likeness (QED) is 0.733. The van der Waals surface area contributed by atoms with Crippen molar-refractivity contribution in [2.45, 2.75) is 58.9 Å². The second-order valence-electron chi connectivity index (χ2n) is 5.30. The van der Waals surface area contributed by atoms with Crippen molar-refractivity contribution < 1.29 is 9.53 Å². The van der Waals surface area contributed by atoms with Gasteiger partial charge in [-0.15, -0.1) is 0 Å². The molecule has 1 saturated carbocycles. The van der Waals surface area contributed by atoms with Gasteiger partial charge >= 0.3 is 5.97 Å². The molecule has 0 heterocycles. The summed E-state index contributed by atoms with van der Waals surface area (Å²) in [7, 11) is 0. The Morgan fingerprint density at radius 3 is 2.81 bits per heavy atom. The van der Waals surface area contributed by atoms with Crippen LogP contribution in [0.3, 0.4) is 0 Å². The van der Waals surface area contributed by atoms with Crippen molar-refractivity contribution in [3.8, 4) is 0 Å². The normalized spacial score (nSPS) is 24.1. The molecule has 0 aromatic carbocycles. The molecule has 1 atom stereocenters. The summed E-state index contributed by atoms with van der Waals surface area (Å²) in [5, 5.41) is 3.50. The molecule has 0 spiro atoms. The van der Waals surface area contributed by atoms with Crippen LogP contribution in [0.2, 0.25) is 0 Å². The van der Waals surface area contributed by atoms with E-state index in [-0.39, 0.29) is 5.97 Å². The van der Waals surface area contributed by atoms with Gasteiger partial charge in [-0.05, 0) is 25.2 Å². The molecule has 0 saturated heterocycles. The summed E-state index contributed by atoms with van der Waals surface area (Å²) < 4.78 is 4.90. The average molecular weight is 227 g/mol. The predicted octanol–water partition coefficient (Wildman–Crippen LogP) is 2.50. The molecule has 0 aromatic rings. The Morgan fingerprint density at radius 2 is 2.19 bits per heavy atom. The van der Waals surface area contributed by atoms with E-state index in [0.29, 0.717) is 24.5 Å². The van der Waals surface area contributed by atoms with Crippen molar-refractivity contribution in [2.24, 2.45) is 5.41 Å². The minimum atomic E-state index is -0.0939. The van der Waals surface area contributed by atoms with Crippen molar-refractivity contribution >= 4 is 5.97 Å². The Balaban J connectivity index is 2.23. The summed E-state index contributed by atoms with van der Waals surface area (Å²) in [5.74, 6) is -0.0939. The molecule has 0 radical (unpaired) electrons. The van der Waals surface area contributed by atoms with Crippen molar-refractivity contribution in [2.75, 3.05) is 13.2 Å². The third kappa shape index (κ3) is 4.12. The van der Waals surface area contributed by atoms with Crippen LogP contribution >= 0.6 is 0 Å². The third-order valence-corrected chi connectivity index (χ3v) is 3.53. The maximum atomic E-state index is 11.2. The molecular weight excluding hydrogens is 202 g/mol.